The fourth-order valence-corrected chi connectivity index (χ4v) is 1.97. The van der Waals surface area contributed by atoms with E-state index < -0.39 is 6.43 Å². The maximum Gasteiger partial charge on any atom is 0.266 e. The minimum absolute atomic E-state index is 0.0000463. The Bertz CT molecular complexity index is 317. The SMILES string of the molecule is Cc1cc(Br)c(C(F)F)c(CCl)n1. The van der Waals surface area contributed by atoms with Crippen molar-refractivity contribution in [3.63, 3.8) is 0 Å². The Balaban J connectivity index is 3.30. The molecule has 0 radical (unpaired) electrons. The van der Waals surface area contributed by atoms with Crippen LogP contribution in [0.5, 0.6) is 0 Å². The zero-order valence-electron chi connectivity index (χ0n) is 6.82. The largest absolute Gasteiger partial charge is 0.266 e. The molecule has 0 atom stereocenters. The van der Waals surface area contributed by atoms with Crippen LogP contribution in [0.3, 0.4) is 0 Å². The first-order valence-corrected chi connectivity index (χ1v) is 4.89. The van der Waals surface area contributed by atoms with Gasteiger partial charge in [0.05, 0.1) is 17.1 Å². The van der Waals surface area contributed by atoms with E-state index in [-0.39, 0.29) is 17.1 Å². The van der Waals surface area contributed by atoms with Gasteiger partial charge in [-0.15, -0.1) is 11.6 Å². The van der Waals surface area contributed by atoms with Crippen molar-refractivity contribution in [3.05, 3.63) is 27.5 Å². The third-order valence-electron chi connectivity index (χ3n) is 1.56. The number of hydrogen-bond acceptors (Lipinski definition) is 1. The van der Waals surface area contributed by atoms with Crippen molar-refractivity contribution in [2.45, 2.75) is 19.2 Å². The van der Waals surface area contributed by atoms with Gasteiger partial charge in [0.15, 0.2) is 0 Å². The molecule has 0 aliphatic heterocycles. The summed E-state index contributed by atoms with van der Waals surface area (Å²) in [5, 5.41) is 0. The second kappa shape index (κ2) is 4.33. The van der Waals surface area contributed by atoms with Gasteiger partial charge in [-0.25, -0.2) is 8.78 Å². The molecule has 0 amide bonds. The van der Waals surface area contributed by atoms with Crippen molar-refractivity contribution in [3.8, 4) is 0 Å². The van der Waals surface area contributed by atoms with E-state index in [1.807, 2.05) is 0 Å². The third kappa shape index (κ3) is 2.38. The highest BCUT2D eigenvalue weighted by Gasteiger charge is 2.17. The molecule has 1 aromatic heterocycles. The zero-order chi connectivity index (χ0) is 10.0. The Hall–Kier alpha value is -0.220. The molecule has 1 aromatic rings. The Morgan fingerprint density at radius 1 is 1.62 bits per heavy atom. The van der Waals surface area contributed by atoms with E-state index in [9.17, 15) is 8.78 Å². The van der Waals surface area contributed by atoms with Gasteiger partial charge in [0, 0.05) is 10.2 Å². The minimum Gasteiger partial charge on any atom is -0.256 e. The molecule has 0 bridgehead atoms. The average Bonchev–Trinajstić information content (AvgIpc) is 2.01. The standard InChI is InChI=1S/C8H7BrClF2N/c1-4-2-5(9)7(8(11)12)6(3-10)13-4/h2,8H,3H2,1H3. The molecule has 0 saturated carbocycles. The quantitative estimate of drug-likeness (QED) is 0.744. The van der Waals surface area contributed by atoms with Gasteiger partial charge in [-0.2, -0.15) is 0 Å². The molecular formula is C8H7BrClF2N. The number of hydrogen-bond donors (Lipinski definition) is 0. The van der Waals surface area contributed by atoms with Crippen molar-refractivity contribution in [2.75, 3.05) is 0 Å². The van der Waals surface area contributed by atoms with E-state index in [2.05, 4.69) is 20.9 Å². The molecule has 0 saturated heterocycles. The van der Waals surface area contributed by atoms with E-state index in [4.69, 9.17) is 11.6 Å². The van der Waals surface area contributed by atoms with Crippen LogP contribution in [-0.4, -0.2) is 4.98 Å². The molecule has 1 heterocycles. The second-order valence-corrected chi connectivity index (χ2v) is 3.66. The molecule has 13 heavy (non-hydrogen) atoms. The number of nitrogens with zero attached hydrogens (tertiary/aromatic N) is 1. The van der Waals surface area contributed by atoms with Crippen LogP contribution in [0.15, 0.2) is 10.5 Å². The molecular weight excluding hydrogens is 263 g/mol. The number of aryl methyl sites for hydroxylation is 1. The van der Waals surface area contributed by atoms with Crippen molar-refractivity contribution < 1.29 is 8.78 Å². The van der Waals surface area contributed by atoms with Crippen LogP contribution in [-0.2, 0) is 5.88 Å². The Labute approximate surface area is 88.2 Å². The highest BCUT2D eigenvalue weighted by Crippen LogP contribution is 2.30. The second-order valence-electron chi connectivity index (χ2n) is 2.54. The van der Waals surface area contributed by atoms with Crippen LogP contribution in [0.2, 0.25) is 0 Å². The Kier molecular flexibility index (Phi) is 3.62. The lowest BCUT2D eigenvalue weighted by molar-refractivity contribution is 0.149. The summed E-state index contributed by atoms with van der Waals surface area (Å²) in [6.07, 6.45) is -2.55. The lowest BCUT2D eigenvalue weighted by Gasteiger charge is -2.08. The number of aromatic nitrogens is 1. The minimum atomic E-state index is -2.55. The average molecular weight is 271 g/mol. The van der Waals surface area contributed by atoms with E-state index in [1.165, 1.54) is 0 Å². The molecule has 0 spiro atoms. The van der Waals surface area contributed by atoms with Gasteiger partial charge in [-0.05, 0) is 13.0 Å². The summed E-state index contributed by atoms with van der Waals surface area (Å²) in [6, 6.07) is 1.55. The topological polar surface area (TPSA) is 12.9 Å². The normalized spacial score (nSPS) is 10.9. The number of alkyl halides is 3. The van der Waals surface area contributed by atoms with E-state index in [0.717, 1.165) is 0 Å². The fourth-order valence-electron chi connectivity index (χ4n) is 1.04. The van der Waals surface area contributed by atoms with Crippen LogP contribution in [0.4, 0.5) is 8.78 Å². The monoisotopic (exact) mass is 269 g/mol. The molecule has 0 N–H and O–H groups in total. The molecule has 0 aliphatic rings. The highest BCUT2D eigenvalue weighted by molar-refractivity contribution is 9.10. The maximum atomic E-state index is 12.5. The molecule has 72 valence electrons. The van der Waals surface area contributed by atoms with Crippen molar-refractivity contribution in [1.82, 2.24) is 4.98 Å². The number of halogens is 4. The highest BCUT2D eigenvalue weighted by atomic mass is 79.9. The molecule has 0 unspecified atom stereocenters. The summed E-state index contributed by atoms with van der Waals surface area (Å²) in [7, 11) is 0. The lowest BCUT2D eigenvalue weighted by Crippen LogP contribution is -1.99. The Morgan fingerprint density at radius 2 is 2.23 bits per heavy atom. The van der Waals surface area contributed by atoms with Crippen LogP contribution < -0.4 is 0 Å². The van der Waals surface area contributed by atoms with Gasteiger partial charge in [0.2, 0.25) is 0 Å². The van der Waals surface area contributed by atoms with Crippen molar-refractivity contribution in [2.24, 2.45) is 0 Å². The molecule has 0 fully saturated rings. The first-order valence-electron chi connectivity index (χ1n) is 3.56. The molecule has 5 heteroatoms. The first kappa shape index (κ1) is 10.9. The summed E-state index contributed by atoms with van der Waals surface area (Å²) in [4.78, 5) is 3.93. The number of pyridine rings is 1. The Morgan fingerprint density at radius 3 is 2.69 bits per heavy atom. The van der Waals surface area contributed by atoms with Crippen LogP contribution in [0.25, 0.3) is 0 Å². The van der Waals surface area contributed by atoms with Gasteiger partial charge in [-0.1, -0.05) is 15.9 Å². The summed E-state index contributed by atoms with van der Waals surface area (Å²) >= 11 is 8.56. The molecule has 1 rings (SSSR count). The summed E-state index contributed by atoms with van der Waals surface area (Å²) in [5.74, 6) is -0.0000463. The number of rotatable bonds is 2. The van der Waals surface area contributed by atoms with Gasteiger partial charge >= 0.3 is 0 Å². The lowest BCUT2D eigenvalue weighted by atomic mass is 10.2. The van der Waals surface area contributed by atoms with Gasteiger partial charge in [0.1, 0.15) is 0 Å². The smallest absolute Gasteiger partial charge is 0.256 e. The van der Waals surface area contributed by atoms with E-state index in [0.29, 0.717) is 10.2 Å². The van der Waals surface area contributed by atoms with Crippen LogP contribution >= 0.6 is 27.5 Å². The maximum absolute atomic E-state index is 12.5. The fraction of sp³-hybridized carbons (Fsp3) is 0.375. The molecule has 0 aromatic carbocycles. The summed E-state index contributed by atoms with van der Waals surface area (Å²) < 4.78 is 25.3. The van der Waals surface area contributed by atoms with E-state index >= 15 is 0 Å². The molecule has 1 nitrogen and oxygen atoms in total. The first-order chi connectivity index (χ1) is 6.06. The predicted octanol–water partition coefficient (Wildman–Crippen LogP) is 3.83. The van der Waals surface area contributed by atoms with Gasteiger partial charge in [-0.3, -0.25) is 4.98 Å². The zero-order valence-corrected chi connectivity index (χ0v) is 9.16. The van der Waals surface area contributed by atoms with Crippen molar-refractivity contribution >= 4 is 27.5 Å². The van der Waals surface area contributed by atoms with Gasteiger partial charge < -0.3 is 0 Å². The van der Waals surface area contributed by atoms with E-state index in [1.54, 1.807) is 13.0 Å². The van der Waals surface area contributed by atoms with Crippen LogP contribution in [0.1, 0.15) is 23.4 Å². The summed E-state index contributed by atoms with van der Waals surface area (Å²) in [6.45, 7) is 1.73. The predicted molar refractivity (Wildman–Crippen MR) is 51.2 cm³/mol. The third-order valence-corrected chi connectivity index (χ3v) is 2.47. The van der Waals surface area contributed by atoms with Crippen LogP contribution in [0, 0.1) is 6.92 Å². The molecule has 0 aliphatic carbocycles. The summed E-state index contributed by atoms with van der Waals surface area (Å²) in [5.41, 5.74) is 0.802. The van der Waals surface area contributed by atoms with Crippen molar-refractivity contribution in [1.29, 1.82) is 0 Å². The van der Waals surface area contributed by atoms with Gasteiger partial charge in [0.25, 0.3) is 6.43 Å².